The van der Waals surface area contributed by atoms with Gasteiger partial charge in [-0.2, -0.15) is 0 Å². The molecule has 12 heavy (non-hydrogen) atoms. The summed E-state index contributed by atoms with van der Waals surface area (Å²) in [6, 6.07) is 0. The minimum Gasteiger partial charge on any atom is -0.361 e. The van der Waals surface area contributed by atoms with Crippen LogP contribution in [0.5, 0.6) is 0 Å². The number of nitrogens with zero attached hydrogens (tertiary/aromatic N) is 3. The molecule has 1 aromatic rings. The fourth-order valence-corrected chi connectivity index (χ4v) is 0.851. The van der Waals surface area contributed by atoms with Crippen molar-refractivity contribution in [2.45, 2.75) is 6.54 Å². The predicted octanol–water partition coefficient (Wildman–Crippen LogP) is 0.262. The Kier molecular flexibility index (Phi) is 2.99. The molecule has 1 aromatic heterocycles. The van der Waals surface area contributed by atoms with Crippen LogP contribution in [-0.4, -0.2) is 31.1 Å². The molecule has 0 fully saturated rings. The Morgan fingerprint density at radius 1 is 1.33 bits per heavy atom. The number of hydrogen-bond donors (Lipinski definition) is 1. The summed E-state index contributed by atoms with van der Waals surface area (Å²) in [5, 5.41) is 3.02. The van der Waals surface area contributed by atoms with Crippen molar-refractivity contribution in [1.29, 1.82) is 0 Å². The monoisotopic (exact) mass is 166 g/mol. The van der Waals surface area contributed by atoms with Gasteiger partial charge in [-0.05, 0) is 7.05 Å². The van der Waals surface area contributed by atoms with Gasteiger partial charge < -0.3 is 10.2 Å². The van der Waals surface area contributed by atoms with Crippen LogP contribution >= 0.6 is 0 Å². The van der Waals surface area contributed by atoms with Crippen molar-refractivity contribution in [2.75, 3.05) is 26.0 Å². The van der Waals surface area contributed by atoms with E-state index in [-0.39, 0.29) is 0 Å². The molecule has 1 rings (SSSR count). The molecule has 0 spiro atoms. The van der Waals surface area contributed by atoms with Gasteiger partial charge in [0.2, 0.25) is 0 Å². The molecule has 0 aromatic carbocycles. The summed E-state index contributed by atoms with van der Waals surface area (Å²) in [4.78, 5) is 10.4. The second kappa shape index (κ2) is 4.01. The summed E-state index contributed by atoms with van der Waals surface area (Å²) in [5.41, 5.74) is 0.961. The van der Waals surface area contributed by atoms with Gasteiger partial charge in [0, 0.05) is 20.6 Å². The lowest BCUT2D eigenvalue weighted by Crippen LogP contribution is -2.12. The van der Waals surface area contributed by atoms with Gasteiger partial charge in [0.1, 0.15) is 5.82 Å². The van der Waals surface area contributed by atoms with E-state index in [0.717, 1.165) is 18.1 Å². The van der Waals surface area contributed by atoms with Gasteiger partial charge in [0.05, 0.1) is 18.1 Å². The van der Waals surface area contributed by atoms with E-state index in [2.05, 4.69) is 15.3 Å². The Labute approximate surface area is 72.6 Å². The van der Waals surface area contributed by atoms with Crippen LogP contribution in [0.1, 0.15) is 5.69 Å². The first-order valence-electron chi connectivity index (χ1n) is 3.87. The maximum Gasteiger partial charge on any atom is 0.146 e. The number of anilines is 1. The third-order valence-electron chi connectivity index (χ3n) is 1.51. The van der Waals surface area contributed by atoms with E-state index in [1.807, 2.05) is 26.0 Å². The maximum absolute atomic E-state index is 4.22. The Morgan fingerprint density at radius 3 is 2.50 bits per heavy atom. The molecule has 0 saturated heterocycles. The minimum absolute atomic E-state index is 0.765. The predicted molar refractivity (Wildman–Crippen MR) is 49.1 cm³/mol. The lowest BCUT2D eigenvalue weighted by Gasteiger charge is -2.10. The van der Waals surface area contributed by atoms with Crippen LogP contribution < -0.4 is 10.2 Å². The highest BCUT2D eigenvalue weighted by atomic mass is 15.1. The average molecular weight is 166 g/mol. The van der Waals surface area contributed by atoms with Crippen LogP contribution in [-0.2, 0) is 6.54 Å². The second-order valence-corrected chi connectivity index (χ2v) is 2.79. The van der Waals surface area contributed by atoms with Crippen LogP contribution in [0, 0.1) is 0 Å². The summed E-state index contributed by atoms with van der Waals surface area (Å²) in [6.45, 7) is 0.765. The third-order valence-corrected chi connectivity index (χ3v) is 1.51. The zero-order chi connectivity index (χ0) is 8.97. The van der Waals surface area contributed by atoms with E-state index in [1.165, 1.54) is 0 Å². The Balaban J connectivity index is 2.71. The molecule has 0 atom stereocenters. The fourth-order valence-electron chi connectivity index (χ4n) is 0.851. The first kappa shape index (κ1) is 8.93. The Morgan fingerprint density at radius 2 is 2.08 bits per heavy atom. The SMILES string of the molecule is CNCc1cnc(N(C)C)cn1. The molecule has 0 unspecified atom stereocenters. The molecular formula is C8H14N4. The first-order chi connectivity index (χ1) is 5.74. The van der Waals surface area contributed by atoms with Crippen molar-refractivity contribution in [3.63, 3.8) is 0 Å². The van der Waals surface area contributed by atoms with Crippen molar-refractivity contribution >= 4 is 5.82 Å². The van der Waals surface area contributed by atoms with Gasteiger partial charge in [-0.1, -0.05) is 0 Å². The molecule has 0 bridgehead atoms. The molecule has 0 saturated carbocycles. The second-order valence-electron chi connectivity index (χ2n) is 2.79. The smallest absolute Gasteiger partial charge is 0.146 e. The molecular weight excluding hydrogens is 152 g/mol. The molecule has 0 aliphatic rings. The molecule has 4 nitrogen and oxygen atoms in total. The van der Waals surface area contributed by atoms with Crippen molar-refractivity contribution in [2.24, 2.45) is 0 Å². The van der Waals surface area contributed by atoms with Crippen LogP contribution in [0.3, 0.4) is 0 Å². The van der Waals surface area contributed by atoms with E-state index < -0.39 is 0 Å². The first-order valence-corrected chi connectivity index (χ1v) is 3.87. The summed E-state index contributed by atoms with van der Waals surface area (Å²) < 4.78 is 0. The molecule has 66 valence electrons. The van der Waals surface area contributed by atoms with Gasteiger partial charge in [-0.25, -0.2) is 4.98 Å². The van der Waals surface area contributed by atoms with Crippen LogP contribution in [0.25, 0.3) is 0 Å². The summed E-state index contributed by atoms with van der Waals surface area (Å²) in [7, 11) is 5.78. The van der Waals surface area contributed by atoms with Crippen LogP contribution in [0.15, 0.2) is 12.4 Å². The largest absolute Gasteiger partial charge is 0.361 e. The van der Waals surface area contributed by atoms with E-state index in [9.17, 15) is 0 Å². The number of aromatic nitrogens is 2. The van der Waals surface area contributed by atoms with Crippen molar-refractivity contribution < 1.29 is 0 Å². The van der Waals surface area contributed by atoms with E-state index >= 15 is 0 Å². The standard InChI is InChI=1S/C8H14N4/c1-9-4-7-5-11-8(6-10-7)12(2)3/h5-6,9H,4H2,1-3H3. The normalized spacial score (nSPS) is 9.92. The topological polar surface area (TPSA) is 41.1 Å². The molecule has 0 radical (unpaired) electrons. The number of rotatable bonds is 3. The highest BCUT2D eigenvalue weighted by Gasteiger charge is 1.97. The van der Waals surface area contributed by atoms with Gasteiger partial charge in [0.15, 0.2) is 0 Å². The summed E-state index contributed by atoms with van der Waals surface area (Å²) >= 11 is 0. The molecule has 0 aliphatic heterocycles. The van der Waals surface area contributed by atoms with Crippen LogP contribution in [0.4, 0.5) is 5.82 Å². The lowest BCUT2D eigenvalue weighted by atomic mass is 10.4. The maximum atomic E-state index is 4.22. The van der Waals surface area contributed by atoms with Gasteiger partial charge in [-0.3, -0.25) is 4.98 Å². The summed E-state index contributed by atoms with van der Waals surface area (Å²) in [5.74, 6) is 0.884. The Bertz CT molecular complexity index is 229. The zero-order valence-corrected chi connectivity index (χ0v) is 7.70. The summed E-state index contributed by atoms with van der Waals surface area (Å²) in [6.07, 6.45) is 3.55. The van der Waals surface area contributed by atoms with Crippen molar-refractivity contribution in [3.8, 4) is 0 Å². The van der Waals surface area contributed by atoms with Crippen LogP contribution in [0.2, 0.25) is 0 Å². The number of hydrogen-bond acceptors (Lipinski definition) is 4. The van der Waals surface area contributed by atoms with E-state index in [4.69, 9.17) is 0 Å². The zero-order valence-electron chi connectivity index (χ0n) is 7.70. The number of nitrogens with one attached hydrogen (secondary N) is 1. The molecule has 0 aliphatic carbocycles. The molecule has 0 amide bonds. The highest BCUT2D eigenvalue weighted by molar-refractivity contribution is 5.32. The average Bonchev–Trinajstić information content (AvgIpc) is 2.06. The highest BCUT2D eigenvalue weighted by Crippen LogP contribution is 2.03. The Hall–Kier alpha value is -1.16. The molecule has 4 heteroatoms. The third kappa shape index (κ3) is 2.17. The fraction of sp³-hybridized carbons (Fsp3) is 0.500. The quantitative estimate of drug-likeness (QED) is 0.699. The molecule has 1 heterocycles. The van der Waals surface area contributed by atoms with E-state index in [1.54, 1.807) is 12.4 Å². The van der Waals surface area contributed by atoms with Crippen molar-refractivity contribution in [1.82, 2.24) is 15.3 Å². The van der Waals surface area contributed by atoms with Gasteiger partial charge in [0.25, 0.3) is 0 Å². The lowest BCUT2D eigenvalue weighted by molar-refractivity contribution is 0.783. The molecule has 1 N–H and O–H groups in total. The van der Waals surface area contributed by atoms with E-state index in [0.29, 0.717) is 0 Å². The van der Waals surface area contributed by atoms with Gasteiger partial charge in [-0.15, -0.1) is 0 Å². The van der Waals surface area contributed by atoms with Crippen molar-refractivity contribution in [3.05, 3.63) is 18.1 Å². The van der Waals surface area contributed by atoms with Gasteiger partial charge >= 0.3 is 0 Å². The minimum atomic E-state index is 0.765.